The molecule has 0 spiro atoms. The summed E-state index contributed by atoms with van der Waals surface area (Å²) in [4.78, 5) is 24.6. The van der Waals surface area contributed by atoms with Gasteiger partial charge in [-0.25, -0.2) is 0 Å². The van der Waals surface area contributed by atoms with Gasteiger partial charge in [-0.05, 0) is 62.8 Å². The minimum absolute atomic E-state index is 0.0144. The van der Waals surface area contributed by atoms with E-state index in [1.54, 1.807) is 4.68 Å². The third kappa shape index (κ3) is 6.32. The monoisotopic (exact) mass is 488 g/mol. The van der Waals surface area contributed by atoms with Gasteiger partial charge >= 0.3 is 0 Å². The van der Waals surface area contributed by atoms with Crippen molar-refractivity contribution in [1.82, 2.24) is 20.4 Å². The number of carbonyl (C=O) groups is 2. The molecule has 7 heteroatoms. The molecule has 1 aromatic carbocycles. The summed E-state index contributed by atoms with van der Waals surface area (Å²) in [6, 6.07) is 10.1. The second-order valence-electron chi connectivity index (χ2n) is 8.90. The second kappa shape index (κ2) is 11.2. The molecule has 0 atom stereocenters. The lowest BCUT2D eigenvalue weighted by Crippen LogP contribution is -2.37. The molecule has 2 amide bonds. The van der Waals surface area contributed by atoms with Gasteiger partial charge in [0.15, 0.2) is 0 Å². The summed E-state index contributed by atoms with van der Waals surface area (Å²) < 4.78 is 1.74. The Morgan fingerprint density at radius 3 is 2.54 bits per heavy atom. The number of rotatable bonds is 4. The minimum Gasteiger partial charge on any atom is -0.354 e. The number of hydrogen-bond donors (Lipinski definition) is 2. The van der Waals surface area contributed by atoms with Crippen molar-refractivity contribution in [3.8, 4) is 11.8 Å². The molecule has 2 aromatic rings. The quantitative estimate of drug-likeness (QED) is 0.588. The van der Waals surface area contributed by atoms with Crippen molar-refractivity contribution in [1.29, 1.82) is 0 Å². The molecular weight excluding hydrogens is 460 g/mol. The van der Waals surface area contributed by atoms with E-state index in [0.717, 1.165) is 48.1 Å². The van der Waals surface area contributed by atoms with Gasteiger partial charge < -0.3 is 10.6 Å². The van der Waals surface area contributed by atoms with Crippen molar-refractivity contribution in [2.75, 3.05) is 0 Å². The molecule has 180 valence electrons. The van der Waals surface area contributed by atoms with Gasteiger partial charge in [-0.1, -0.05) is 53.8 Å². The number of nitrogens with one attached hydrogen (secondary N) is 2. The van der Waals surface area contributed by atoms with Gasteiger partial charge in [0.2, 0.25) is 5.91 Å². The molecule has 2 aliphatic carbocycles. The lowest BCUT2D eigenvalue weighted by molar-refractivity contribution is -0.119. The Bertz CT molecular complexity index is 1250. The highest BCUT2D eigenvalue weighted by atomic mass is 35.5. The van der Waals surface area contributed by atoms with Crippen LogP contribution in [0.4, 0.5) is 0 Å². The standard InChI is InChI=1S/C28H29ClN4O2/c1-19-17-22(12-11-21-7-4-3-5-8-21)9-6-10-26(19)32-28(35)27-25(29)18-30-33(27)24-15-13-23(14-16-24)31-20(2)34/h3-5,7-10,17-18,23-24H,6,13-16H2,1-2H3,(H,31,34)(H,32,35). The van der Waals surface area contributed by atoms with E-state index < -0.39 is 0 Å². The zero-order valence-corrected chi connectivity index (χ0v) is 20.7. The van der Waals surface area contributed by atoms with Crippen LogP contribution in [0.25, 0.3) is 0 Å². The minimum atomic E-state index is -0.283. The summed E-state index contributed by atoms with van der Waals surface area (Å²) in [6.45, 7) is 3.49. The molecule has 0 unspecified atom stereocenters. The lowest BCUT2D eigenvalue weighted by Gasteiger charge is -2.29. The van der Waals surface area contributed by atoms with Crippen molar-refractivity contribution in [2.45, 2.75) is 58.0 Å². The van der Waals surface area contributed by atoms with Crippen LogP contribution in [0.15, 0.2) is 71.6 Å². The van der Waals surface area contributed by atoms with Crippen molar-refractivity contribution < 1.29 is 9.59 Å². The van der Waals surface area contributed by atoms with Crippen LogP contribution in [0.3, 0.4) is 0 Å². The zero-order chi connectivity index (χ0) is 24.8. The van der Waals surface area contributed by atoms with E-state index in [1.165, 1.54) is 13.1 Å². The van der Waals surface area contributed by atoms with E-state index in [9.17, 15) is 9.59 Å². The van der Waals surface area contributed by atoms with E-state index in [1.807, 2.05) is 55.5 Å². The summed E-state index contributed by atoms with van der Waals surface area (Å²) in [5.41, 5.74) is 3.89. The van der Waals surface area contributed by atoms with E-state index in [0.29, 0.717) is 17.1 Å². The van der Waals surface area contributed by atoms with E-state index in [2.05, 4.69) is 27.6 Å². The Morgan fingerprint density at radius 1 is 1.09 bits per heavy atom. The molecule has 1 heterocycles. The number of carbonyl (C=O) groups excluding carboxylic acids is 2. The van der Waals surface area contributed by atoms with E-state index in [4.69, 9.17) is 11.6 Å². The SMILES string of the molecule is CC(=O)NC1CCC(n2ncc(Cl)c2C(=O)NC2=CCC=C(C#Cc3ccccc3)C=C2C)CC1. The number of hydrogen-bond acceptors (Lipinski definition) is 3. The third-order valence-electron chi connectivity index (χ3n) is 6.25. The van der Waals surface area contributed by atoms with Gasteiger partial charge in [0, 0.05) is 29.8 Å². The second-order valence-corrected chi connectivity index (χ2v) is 9.31. The molecule has 1 saturated carbocycles. The molecule has 2 aliphatic rings. The summed E-state index contributed by atoms with van der Waals surface area (Å²) in [7, 11) is 0. The van der Waals surface area contributed by atoms with Crippen LogP contribution < -0.4 is 10.6 Å². The fraction of sp³-hybridized carbons (Fsp3) is 0.321. The Balaban J connectivity index is 1.44. The van der Waals surface area contributed by atoms with Crippen molar-refractivity contribution in [2.24, 2.45) is 0 Å². The molecule has 0 saturated heterocycles. The number of amides is 2. The van der Waals surface area contributed by atoms with E-state index in [-0.39, 0.29) is 23.9 Å². The molecule has 0 aliphatic heterocycles. The largest absolute Gasteiger partial charge is 0.354 e. The lowest BCUT2D eigenvalue weighted by atomic mass is 9.91. The molecular formula is C28H29ClN4O2. The first-order valence-corrected chi connectivity index (χ1v) is 12.3. The highest BCUT2D eigenvalue weighted by Gasteiger charge is 2.28. The van der Waals surface area contributed by atoms with Crippen LogP contribution in [-0.4, -0.2) is 27.6 Å². The van der Waals surface area contributed by atoms with Gasteiger partial charge in [0.05, 0.1) is 17.3 Å². The van der Waals surface area contributed by atoms with Gasteiger partial charge in [-0.3, -0.25) is 14.3 Å². The number of aromatic nitrogens is 2. The summed E-state index contributed by atoms with van der Waals surface area (Å²) in [5.74, 6) is 6.10. The smallest absolute Gasteiger partial charge is 0.275 e. The fourth-order valence-electron chi connectivity index (χ4n) is 4.50. The Kier molecular flexibility index (Phi) is 7.89. The van der Waals surface area contributed by atoms with Crippen molar-refractivity contribution >= 4 is 23.4 Å². The molecule has 0 radical (unpaired) electrons. The highest BCUT2D eigenvalue weighted by Crippen LogP contribution is 2.31. The maximum atomic E-state index is 13.3. The molecule has 1 aromatic heterocycles. The van der Waals surface area contributed by atoms with Crippen LogP contribution in [0.5, 0.6) is 0 Å². The molecule has 35 heavy (non-hydrogen) atoms. The van der Waals surface area contributed by atoms with Gasteiger partial charge in [-0.2, -0.15) is 5.10 Å². The molecule has 4 rings (SSSR count). The first-order valence-electron chi connectivity index (χ1n) is 11.9. The molecule has 1 fully saturated rings. The summed E-state index contributed by atoms with van der Waals surface area (Å²) in [5, 5.41) is 10.8. The van der Waals surface area contributed by atoms with Crippen LogP contribution in [-0.2, 0) is 4.79 Å². The average molecular weight is 489 g/mol. The first-order chi connectivity index (χ1) is 16.9. The Morgan fingerprint density at radius 2 is 1.83 bits per heavy atom. The zero-order valence-electron chi connectivity index (χ0n) is 20.0. The number of benzene rings is 1. The fourth-order valence-corrected chi connectivity index (χ4v) is 4.72. The maximum Gasteiger partial charge on any atom is 0.275 e. The first kappa shape index (κ1) is 24.6. The van der Waals surface area contributed by atoms with Crippen LogP contribution >= 0.6 is 11.6 Å². The molecule has 0 bridgehead atoms. The van der Waals surface area contributed by atoms with Gasteiger partial charge in [0.25, 0.3) is 5.91 Å². The van der Waals surface area contributed by atoms with Crippen molar-refractivity contribution in [3.05, 3.63) is 87.9 Å². The predicted octanol–water partition coefficient (Wildman–Crippen LogP) is 5.10. The van der Waals surface area contributed by atoms with Crippen LogP contribution in [0.1, 0.15) is 68.0 Å². The normalized spacial score (nSPS) is 19.8. The maximum absolute atomic E-state index is 13.3. The van der Waals surface area contributed by atoms with Crippen molar-refractivity contribution in [3.63, 3.8) is 0 Å². The summed E-state index contributed by atoms with van der Waals surface area (Å²) >= 11 is 6.40. The average Bonchev–Trinajstić information content (AvgIpc) is 3.14. The topological polar surface area (TPSA) is 76.0 Å². The molecule has 2 N–H and O–H groups in total. The number of nitrogens with zero attached hydrogens (tertiary/aromatic N) is 2. The highest BCUT2D eigenvalue weighted by molar-refractivity contribution is 6.33. The number of allylic oxidation sites excluding steroid dienone is 5. The van der Waals surface area contributed by atoms with Crippen LogP contribution in [0.2, 0.25) is 5.02 Å². The van der Waals surface area contributed by atoms with Gasteiger partial charge in [0.1, 0.15) is 5.69 Å². The third-order valence-corrected chi connectivity index (χ3v) is 6.52. The molecule has 6 nitrogen and oxygen atoms in total. The van der Waals surface area contributed by atoms with Crippen LogP contribution in [0, 0.1) is 11.8 Å². The van der Waals surface area contributed by atoms with E-state index >= 15 is 0 Å². The predicted molar refractivity (Wildman–Crippen MR) is 138 cm³/mol. The number of halogens is 1. The Hall–Kier alpha value is -3.56. The summed E-state index contributed by atoms with van der Waals surface area (Å²) in [6.07, 6.45) is 11.5. The Labute approximate surface area is 211 Å². The van der Waals surface area contributed by atoms with Gasteiger partial charge in [-0.15, -0.1) is 0 Å².